The normalized spacial score (nSPS) is 29.0. The molecule has 0 bridgehead atoms. The van der Waals surface area contributed by atoms with Gasteiger partial charge in [-0.25, -0.2) is 0 Å². The number of ether oxygens (including phenoxy) is 1. The number of hydrogen-bond acceptors (Lipinski definition) is 4. The van der Waals surface area contributed by atoms with Crippen LogP contribution in [0.15, 0.2) is 30.3 Å². The first-order valence-electron chi connectivity index (χ1n) is 7.37. The second kappa shape index (κ2) is 6.13. The van der Waals surface area contributed by atoms with E-state index in [4.69, 9.17) is 4.74 Å². The van der Waals surface area contributed by atoms with Crippen LogP contribution in [0.5, 0.6) is 0 Å². The molecule has 0 aromatic heterocycles. The second-order valence-corrected chi connectivity index (χ2v) is 5.48. The van der Waals surface area contributed by atoms with Crippen LogP contribution in [0, 0.1) is 0 Å². The molecular weight excluding hydrogens is 268 g/mol. The van der Waals surface area contributed by atoms with Crippen LogP contribution in [0.4, 0.5) is 0 Å². The Balaban J connectivity index is 2.38. The third-order valence-corrected chi connectivity index (χ3v) is 4.49. The maximum atomic E-state index is 12.8. The van der Waals surface area contributed by atoms with E-state index in [-0.39, 0.29) is 11.8 Å². The summed E-state index contributed by atoms with van der Waals surface area (Å²) >= 11 is 0. The lowest BCUT2D eigenvalue weighted by atomic mass is 9.70. The molecule has 5 nitrogen and oxygen atoms in total. The van der Waals surface area contributed by atoms with E-state index in [9.17, 15) is 10.0 Å². The monoisotopic (exact) mass is 292 g/mol. The summed E-state index contributed by atoms with van der Waals surface area (Å²) in [6, 6.07) is 9.74. The van der Waals surface area contributed by atoms with Gasteiger partial charge < -0.3 is 14.8 Å². The molecule has 1 aliphatic heterocycles. The van der Waals surface area contributed by atoms with Crippen LogP contribution in [0.1, 0.15) is 32.3 Å². The number of carbonyl (C=O) groups excluding carboxylic acids is 1. The average molecular weight is 292 g/mol. The van der Waals surface area contributed by atoms with Crippen LogP contribution in [0.2, 0.25) is 0 Å². The van der Waals surface area contributed by atoms with Gasteiger partial charge >= 0.3 is 0 Å². The Morgan fingerprint density at radius 1 is 1.33 bits per heavy atom. The molecule has 0 saturated carbocycles. The number of carbonyl (C=O) groups is 1. The third-order valence-electron chi connectivity index (χ3n) is 4.49. The number of methoxy groups -OCH3 is 1. The number of amides is 1. The molecule has 1 aromatic carbocycles. The first-order valence-corrected chi connectivity index (χ1v) is 7.37. The Hall–Kier alpha value is -1.43. The van der Waals surface area contributed by atoms with E-state index in [2.05, 4.69) is 0 Å². The highest BCUT2D eigenvalue weighted by molar-refractivity contribution is 5.88. The van der Waals surface area contributed by atoms with Gasteiger partial charge in [-0.15, -0.1) is 5.06 Å². The Bertz CT molecular complexity index is 490. The zero-order chi connectivity index (χ0) is 15.6. The zero-order valence-electron chi connectivity index (χ0n) is 13.1. The van der Waals surface area contributed by atoms with Crippen LogP contribution in [-0.2, 0) is 9.53 Å². The largest absolute Gasteiger partial charge is 0.363 e. The Kier molecular flexibility index (Phi) is 4.66. The number of likely N-dealkylation sites (N-methyl/N-ethyl adjacent to an activating group) is 1. The van der Waals surface area contributed by atoms with Crippen LogP contribution >= 0.6 is 0 Å². The van der Waals surface area contributed by atoms with Gasteiger partial charge in [0.1, 0.15) is 11.8 Å². The quantitative estimate of drug-likeness (QED) is 0.902. The van der Waals surface area contributed by atoms with E-state index in [0.29, 0.717) is 13.1 Å². The van der Waals surface area contributed by atoms with Crippen molar-refractivity contribution in [3.8, 4) is 0 Å². The molecule has 2 rings (SSSR count). The zero-order valence-corrected chi connectivity index (χ0v) is 13.1. The van der Waals surface area contributed by atoms with Crippen LogP contribution < -0.4 is 0 Å². The summed E-state index contributed by atoms with van der Waals surface area (Å²) in [5.74, 6) is -0.265. The van der Waals surface area contributed by atoms with Gasteiger partial charge in [0.05, 0.1) is 5.92 Å². The Morgan fingerprint density at radius 3 is 2.38 bits per heavy atom. The summed E-state index contributed by atoms with van der Waals surface area (Å²) < 4.78 is 5.36. The van der Waals surface area contributed by atoms with Crippen molar-refractivity contribution < 1.29 is 14.7 Å². The highest BCUT2D eigenvalue weighted by Gasteiger charge is 2.63. The van der Waals surface area contributed by atoms with Crippen molar-refractivity contribution in [2.75, 3.05) is 20.2 Å². The van der Waals surface area contributed by atoms with Gasteiger partial charge in [0.15, 0.2) is 0 Å². The molecule has 1 aliphatic rings. The highest BCUT2D eigenvalue weighted by Crippen LogP contribution is 2.48. The summed E-state index contributed by atoms with van der Waals surface area (Å²) in [7, 11) is 1.55. The van der Waals surface area contributed by atoms with Crippen molar-refractivity contribution in [2.24, 2.45) is 0 Å². The average Bonchev–Trinajstić information content (AvgIpc) is 2.52. The lowest BCUT2D eigenvalue weighted by molar-refractivity contribution is -0.338. The molecule has 0 spiro atoms. The van der Waals surface area contributed by atoms with Gasteiger partial charge in [0.25, 0.3) is 0 Å². The molecule has 21 heavy (non-hydrogen) atoms. The fraction of sp³-hybridized carbons (Fsp3) is 0.562. The number of benzene rings is 1. The maximum Gasteiger partial charge on any atom is 0.246 e. The van der Waals surface area contributed by atoms with Crippen molar-refractivity contribution in [2.45, 2.75) is 38.5 Å². The van der Waals surface area contributed by atoms with E-state index < -0.39 is 11.8 Å². The van der Waals surface area contributed by atoms with E-state index in [1.54, 1.807) is 18.9 Å². The highest BCUT2D eigenvalue weighted by atomic mass is 16.6. The van der Waals surface area contributed by atoms with Crippen molar-refractivity contribution in [1.82, 2.24) is 9.96 Å². The molecule has 1 aromatic rings. The number of nitrogens with zero attached hydrogens (tertiary/aromatic N) is 2. The van der Waals surface area contributed by atoms with Crippen molar-refractivity contribution in [3.63, 3.8) is 0 Å². The van der Waals surface area contributed by atoms with Gasteiger partial charge in [0.2, 0.25) is 5.91 Å². The number of rotatable bonds is 5. The smallest absolute Gasteiger partial charge is 0.246 e. The fourth-order valence-electron chi connectivity index (χ4n) is 3.19. The minimum Gasteiger partial charge on any atom is -0.363 e. The first-order chi connectivity index (χ1) is 10.0. The molecule has 1 fully saturated rings. The molecule has 1 saturated heterocycles. The molecule has 0 aliphatic carbocycles. The Morgan fingerprint density at radius 2 is 1.90 bits per heavy atom. The van der Waals surface area contributed by atoms with Crippen molar-refractivity contribution in [3.05, 3.63) is 35.9 Å². The van der Waals surface area contributed by atoms with E-state index in [1.807, 2.05) is 44.2 Å². The van der Waals surface area contributed by atoms with E-state index in [0.717, 1.165) is 10.6 Å². The van der Waals surface area contributed by atoms with Gasteiger partial charge in [-0.2, -0.15) is 0 Å². The lowest BCUT2D eigenvalue weighted by Crippen LogP contribution is -2.75. The van der Waals surface area contributed by atoms with Crippen LogP contribution in [0.25, 0.3) is 0 Å². The van der Waals surface area contributed by atoms with Crippen molar-refractivity contribution in [1.29, 1.82) is 0 Å². The SMILES string of the molecule is CCN(CC)C(=O)[C@@]1(C)[C@@H](c2ccccc2)[C@@H](OC)N1O. The summed E-state index contributed by atoms with van der Waals surface area (Å²) in [4.78, 5) is 14.6. The third kappa shape index (κ3) is 2.35. The van der Waals surface area contributed by atoms with Crippen LogP contribution in [-0.4, -0.2) is 53.0 Å². The Labute approximate surface area is 126 Å². The summed E-state index contributed by atoms with van der Waals surface area (Å²) in [5.41, 5.74) is 0.00582. The molecule has 5 heteroatoms. The van der Waals surface area contributed by atoms with Gasteiger partial charge in [-0.1, -0.05) is 30.3 Å². The fourth-order valence-corrected chi connectivity index (χ4v) is 3.19. The molecule has 1 N–H and O–H groups in total. The van der Waals surface area contributed by atoms with E-state index in [1.165, 1.54) is 0 Å². The number of hydrogen-bond donors (Lipinski definition) is 1. The molecule has 0 unspecified atom stereocenters. The van der Waals surface area contributed by atoms with E-state index >= 15 is 0 Å². The summed E-state index contributed by atoms with van der Waals surface area (Å²) in [6.07, 6.45) is -0.503. The minimum atomic E-state index is -0.992. The van der Waals surface area contributed by atoms with Gasteiger partial charge in [-0.05, 0) is 26.3 Å². The minimum absolute atomic E-state index is 0.0721. The molecule has 3 atom stereocenters. The van der Waals surface area contributed by atoms with Crippen LogP contribution in [0.3, 0.4) is 0 Å². The number of hydroxylamine groups is 2. The molecular formula is C16H24N2O3. The lowest BCUT2D eigenvalue weighted by Gasteiger charge is -2.57. The topological polar surface area (TPSA) is 53.0 Å². The summed E-state index contributed by atoms with van der Waals surface area (Å²) in [5, 5.41) is 11.4. The second-order valence-electron chi connectivity index (χ2n) is 5.48. The molecule has 116 valence electrons. The molecule has 1 amide bonds. The standard InChI is InChI=1S/C16H24N2O3/c1-5-17(6-2)15(19)16(3)13(14(21-4)18(16)20)12-10-8-7-9-11-12/h7-11,13-14,20H,5-6H2,1-4H3/t13-,14+,16+/m0/s1. The van der Waals surface area contributed by atoms with Gasteiger partial charge in [0, 0.05) is 20.2 Å². The maximum absolute atomic E-state index is 12.8. The van der Waals surface area contributed by atoms with Crippen molar-refractivity contribution >= 4 is 5.91 Å². The summed E-state index contributed by atoms with van der Waals surface area (Å²) in [6.45, 7) is 6.91. The molecule has 0 radical (unpaired) electrons. The first kappa shape index (κ1) is 15.9. The predicted molar refractivity (Wildman–Crippen MR) is 79.9 cm³/mol. The predicted octanol–water partition coefficient (Wildman–Crippen LogP) is 2.07. The van der Waals surface area contributed by atoms with Gasteiger partial charge in [-0.3, -0.25) is 4.79 Å². The molecule has 1 heterocycles.